The number of aromatic nitrogens is 2. The van der Waals surface area contributed by atoms with Gasteiger partial charge in [0.05, 0.1) is 0 Å². The molecule has 3 aromatic rings. The summed E-state index contributed by atoms with van der Waals surface area (Å²) in [4.78, 5) is 9.65. The Morgan fingerprint density at radius 3 is 1.67 bits per heavy atom. The minimum atomic E-state index is -2.00. The van der Waals surface area contributed by atoms with E-state index in [1.807, 2.05) is 0 Å². The molecule has 130 valence electrons. The van der Waals surface area contributed by atoms with Crippen LogP contribution in [0.2, 0.25) is 26.2 Å². The summed E-state index contributed by atoms with van der Waals surface area (Å²) in [7, 11) is -4.00. The Morgan fingerprint density at radius 1 is 0.778 bits per heavy atom. The molecule has 0 spiro atoms. The first-order chi connectivity index (χ1) is 12.9. The van der Waals surface area contributed by atoms with Crippen molar-refractivity contribution in [2.45, 2.75) is 26.2 Å². The van der Waals surface area contributed by atoms with Crippen molar-refractivity contribution in [2.75, 3.05) is 0 Å². The van der Waals surface area contributed by atoms with Crippen LogP contribution in [0.1, 0.15) is 5.82 Å². The van der Waals surface area contributed by atoms with Gasteiger partial charge in [-0.15, -0.1) is 0 Å². The average molecular weight is 381 g/mol. The molecule has 0 bridgehead atoms. The third-order valence-electron chi connectivity index (χ3n) is 6.41. The minimum absolute atomic E-state index is 0.191. The van der Waals surface area contributed by atoms with E-state index in [-0.39, 0.29) is 6.71 Å². The highest BCUT2D eigenvalue weighted by molar-refractivity contribution is 7.20. The van der Waals surface area contributed by atoms with Crippen molar-refractivity contribution >= 4 is 60.3 Å². The fourth-order valence-electron chi connectivity index (χ4n) is 5.12. The molecule has 0 fully saturated rings. The van der Waals surface area contributed by atoms with Crippen LogP contribution >= 0.6 is 0 Å². The van der Waals surface area contributed by atoms with Gasteiger partial charge < -0.3 is 0 Å². The van der Waals surface area contributed by atoms with Gasteiger partial charge in [0.15, 0.2) is 0 Å². The van der Waals surface area contributed by atoms with E-state index < -0.39 is 16.1 Å². The zero-order valence-electron chi connectivity index (χ0n) is 16.0. The molecule has 27 heavy (non-hydrogen) atoms. The van der Waals surface area contributed by atoms with Crippen molar-refractivity contribution in [3.8, 4) is 6.07 Å². The van der Waals surface area contributed by atoms with Crippen molar-refractivity contribution in [3.63, 3.8) is 0 Å². The smallest absolute Gasteiger partial charge is 0.229 e. The summed E-state index contributed by atoms with van der Waals surface area (Å²) in [6, 6.07) is 19.9. The van der Waals surface area contributed by atoms with Crippen LogP contribution in [0, 0.1) is 11.3 Å². The molecule has 0 saturated carbocycles. The summed E-state index contributed by atoms with van der Waals surface area (Å²) < 4.78 is 0. The summed E-state index contributed by atoms with van der Waals surface area (Å²) in [5.74, 6) is 0.336. The highest BCUT2D eigenvalue weighted by Gasteiger charge is 2.51. The fraction of sp³-hybridized carbons (Fsp3) is 0.190. The Labute approximate surface area is 162 Å². The molecule has 0 aliphatic carbocycles. The lowest BCUT2D eigenvalue weighted by atomic mass is 9.36. The van der Waals surface area contributed by atoms with E-state index in [4.69, 9.17) is 9.97 Å². The van der Waals surface area contributed by atoms with Crippen LogP contribution in [0.3, 0.4) is 0 Å². The lowest BCUT2D eigenvalue weighted by Crippen LogP contribution is -2.87. The van der Waals surface area contributed by atoms with Crippen molar-refractivity contribution in [1.82, 2.24) is 9.97 Å². The molecule has 0 saturated heterocycles. The van der Waals surface area contributed by atoms with E-state index in [0.29, 0.717) is 5.82 Å². The molecule has 0 unspecified atom stereocenters. The van der Waals surface area contributed by atoms with Crippen LogP contribution in [-0.2, 0) is 0 Å². The lowest BCUT2D eigenvalue weighted by Gasteiger charge is -2.43. The van der Waals surface area contributed by atoms with Gasteiger partial charge in [0.25, 0.3) is 0 Å². The van der Waals surface area contributed by atoms with E-state index in [2.05, 4.69) is 80.8 Å². The fourth-order valence-corrected chi connectivity index (χ4v) is 11.3. The number of rotatable bonds is 0. The van der Waals surface area contributed by atoms with Gasteiger partial charge in [-0.2, -0.15) is 5.26 Å². The Morgan fingerprint density at radius 2 is 1.22 bits per heavy atom. The maximum Gasteiger partial charge on any atom is 0.244 e. The van der Waals surface area contributed by atoms with Gasteiger partial charge in [0, 0.05) is 10.6 Å². The third-order valence-corrected chi connectivity index (χ3v) is 13.1. The van der Waals surface area contributed by atoms with Crippen LogP contribution in [-0.4, -0.2) is 32.8 Å². The number of nitriles is 1. The summed E-state index contributed by atoms with van der Waals surface area (Å²) in [6.45, 7) is 9.64. The largest absolute Gasteiger partial charge is 0.244 e. The third kappa shape index (κ3) is 2.01. The maximum atomic E-state index is 9.63. The molecule has 3 heterocycles. The number of hydrogen-bond donors (Lipinski definition) is 0. The molecule has 0 amide bonds. The van der Waals surface area contributed by atoms with Gasteiger partial charge in [-0.05, 0) is 5.46 Å². The van der Waals surface area contributed by atoms with Crippen molar-refractivity contribution in [3.05, 3.63) is 54.4 Å². The predicted molar refractivity (Wildman–Crippen MR) is 118 cm³/mol. The van der Waals surface area contributed by atoms with Crippen LogP contribution in [0.15, 0.2) is 48.5 Å². The van der Waals surface area contributed by atoms with E-state index in [1.54, 1.807) is 0 Å². The maximum absolute atomic E-state index is 9.63. The molecule has 2 aliphatic rings. The molecular formula is C21H20BN3Si2. The highest BCUT2D eigenvalue weighted by atomic mass is 28.3. The first kappa shape index (κ1) is 16.7. The molecule has 0 atom stereocenters. The van der Waals surface area contributed by atoms with Crippen molar-refractivity contribution < 1.29 is 0 Å². The van der Waals surface area contributed by atoms with Gasteiger partial charge in [-0.25, -0.2) is 9.97 Å². The SMILES string of the molecule is C[Si]1(C)c2ccccc2B2c3ccccc3[Si](C)(C)c3nc(C#N)nc1c32. The van der Waals surface area contributed by atoms with Gasteiger partial charge >= 0.3 is 0 Å². The molecule has 0 N–H and O–H groups in total. The summed E-state index contributed by atoms with van der Waals surface area (Å²) in [5, 5.41) is 14.8. The molecule has 5 rings (SSSR count). The second kappa shape index (κ2) is 5.28. The van der Waals surface area contributed by atoms with Crippen molar-refractivity contribution in [1.29, 1.82) is 5.26 Å². The topological polar surface area (TPSA) is 49.6 Å². The first-order valence-corrected chi connectivity index (χ1v) is 15.4. The summed E-state index contributed by atoms with van der Waals surface area (Å²) in [6.07, 6.45) is 0. The predicted octanol–water partition coefficient (Wildman–Crippen LogP) is -0.864. The zero-order valence-corrected chi connectivity index (χ0v) is 18.0. The van der Waals surface area contributed by atoms with Crippen LogP contribution in [0.4, 0.5) is 0 Å². The first-order valence-electron chi connectivity index (χ1n) is 9.39. The van der Waals surface area contributed by atoms with Gasteiger partial charge in [0.1, 0.15) is 22.2 Å². The van der Waals surface area contributed by atoms with Gasteiger partial charge in [-0.1, -0.05) is 96.0 Å². The summed E-state index contributed by atoms with van der Waals surface area (Å²) >= 11 is 0. The molecule has 2 aromatic carbocycles. The number of benzene rings is 2. The number of nitrogens with zero attached hydrogens (tertiary/aromatic N) is 3. The molecule has 3 nitrogen and oxygen atoms in total. The number of hydrogen-bond acceptors (Lipinski definition) is 3. The quantitative estimate of drug-likeness (QED) is 0.476. The molecule has 6 heteroatoms. The number of fused-ring (bicyclic) bond motifs is 4. The molecule has 1 aromatic heterocycles. The van der Waals surface area contributed by atoms with Crippen molar-refractivity contribution in [2.24, 2.45) is 0 Å². The van der Waals surface area contributed by atoms with E-state index in [1.165, 1.54) is 37.4 Å². The monoisotopic (exact) mass is 381 g/mol. The van der Waals surface area contributed by atoms with Gasteiger partial charge in [0.2, 0.25) is 12.5 Å². The Bertz CT molecular complexity index is 1080. The van der Waals surface area contributed by atoms with Gasteiger partial charge in [-0.3, -0.25) is 0 Å². The molecule has 2 aliphatic heterocycles. The Hall–Kier alpha value is -2.49. The Kier molecular flexibility index (Phi) is 3.26. The highest BCUT2D eigenvalue weighted by Crippen LogP contribution is 2.13. The molecular weight excluding hydrogens is 361 g/mol. The average Bonchev–Trinajstić information content (AvgIpc) is 2.67. The second-order valence-electron chi connectivity index (χ2n) is 8.63. The second-order valence-corrected chi connectivity index (χ2v) is 17.2. The standard InChI is InChI=1S/C21H20BN3Si2/c1-26(2)16-11-7-5-9-14(16)22-15-10-6-8-12-17(15)27(3,4)21-19(22)20(26)24-18(13-23)25-21/h5-12H,1-4H3. The van der Waals surface area contributed by atoms with Crippen LogP contribution in [0.5, 0.6) is 0 Å². The van der Waals surface area contributed by atoms with E-state index >= 15 is 0 Å². The lowest BCUT2D eigenvalue weighted by molar-refractivity contribution is 1.16. The van der Waals surface area contributed by atoms with E-state index in [9.17, 15) is 5.26 Å². The Balaban J connectivity index is 1.99. The van der Waals surface area contributed by atoms with Crippen LogP contribution in [0.25, 0.3) is 0 Å². The molecule has 0 radical (unpaired) electrons. The van der Waals surface area contributed by atoms with Crippen LogP contribution < -0.4 is 37.4 Å². The normalized spacial score (nSPS) is 17.4. The summed E-state index contributed by atoms with van der Waals surface area (Å²) in [5.41, 5.74) is 4.14. The minimum Gasteiger partial charge on any atom is -0.229 e. The van der Waals surface area contributed by atoms with E-state index in [0.717, 1.165) is 0 Å². The zero-order chi connectivity index (χ0) is 19.0.